The van der Waals surface area contributed by atoms with Crippen LogP contribution in [0.1, 0.15) is 25.0 Å². The fraction of sp³-hybridized carbons (Fsp3) is 0.533. The Kier molecular flexibility index (Phi) is 7.80. The summed E-state index contributed by atoms with van der Waals surface area (Å²) < 4.78 is 54.7. The number of ether oxygens (including phenoxy) is 1. The monoisotopic (exact) mass is 335 g/mol. The van der Waals surface area contributed by atoms with Gasteiger partial charge in [0.15, 0.2) is 5.96 Å². The normalized spacial score (nSPS) is 13.7. The van der Waals surface area contributed by atoms with Crippen molar-refractivity contribution in [3.63, 3.8) is 0 Å². The summed E-state index contributed by atoms with van der Waals surface area (Å²) in [6.45, 7) is 2.27. The maximum absolute atomic E-state index is 12.9. The fourth-order valence-electron chi connectivity index (χ4n) is 1.83. The lowest BCUT2D eigenvalue weighted by molar-refractivity contribution is -0.132. The summed E-state index contributed by atoms with van der Waals surface area (Å²) in [6, 6.07) is 5.81. The highest BCUT2D eigenvalue weighted by Crippen LogP contribution is 2.18. The van der Waals surface area contributed by atoms with Crippen molar-refractivity contribution in [2.75, 3.05) is 26.7 Å². The van der Waals surface area contributed by atoms with Gasteiger partial charge in [-0.05, 0) is 24.6 Å². The summed E-state index contributed by atoms with van der Waals surface area (Å²) in [5.41, 5.74) is 0.740. The van der Waals surface area contributed by atoms with Crippen LogP contribution in [0.25, 0.3) is 0 Å². The summed E-state index contributed by atoms with van der Waals surface area (Å²) in [7, 11) is 1.49. The van der Waals surface area contributed by atoms with Crippen LogP contribution in [0, 0.1) is 5.82 Å². The SMILES string of the molecule is CCNC(=NCC(OC)c1ccc(F)cc1)NCCC(F)(F)F. The standard InChI is InChI=1S/C15H21F4N3O/c1-3-20-14(21-9-8-15(17,18)19)22-10-13(23-2)11-4-6-12(16)7-5-11/h4-7,13H,3,8-10H2,1-2H3,(H2,20,21,22). The van der Waals surface area contributed by atoms with Gasteiger partial charge in [-0.2, -0.15) is 13.2 Å². The Bertz CT molecular complexity index is 488. The number of aliphatic imine (C=N–C) groups is 1. The van der Waals surface area contributed by atoms with E-state index >= 15 is 0 Å². The van der Waals surface area contributed by atoms with E-state index in [1.54, 1.807) is 12.1 Å². The molecule has 0 aliphatic carbocycles. The van der Waals surface area contributed by atoms with Crippen molar-refractivity contribution in [2.45, 2.75) is 25.6 Å². The second-order valence-corrected chi connectivity index (χ2v) is 4.79. The molecule has 0 aromatic heterocycles. The number of nitrogens with one attached hydrogen (secondary N) is 2. The van der Waals surface area contributed by atoms with E-state index < -0.39 is 18.7 Å². The van der Waals surface area contributed by atoms with E-state index in [0.717, 1.165) is 5.56 Å². The van der Waals surface area contributed by atoms with Gasteiger partial charge in [0.25, 0.3) is 0 Å². The van der Waals surface area contributed by atoms with Crippen molar-refractivity contribution in [3.05, 3.63) is 35.6 Å². The van der Waals surface area contributed by atoms with Crippen molar-refractivity contribution >= 4 is 5.96 Å². The van der Waals surface area contributed by atoms with E-state index in [0.29, 0.717) is 6.54 Å². The first-order chi connectivity index (χ1) is 10.9. The average Bonchev–Trinajstić information content (AvgIpc) is 2.48. The second-order valence-electron chi connectivity index (χ2n) is 4.79. The zero-order valence-electron chi connectivity index (χ0n) is 13.1. The Morgan fingerprint density at radius 3 is 2.39 bits per heavy atom. The van der Waals surface area contributed by atoms with Gasteiger partial charge in [0, 0.05) is 20.2 Å². The maximum Gasteiger partial charge on any atom is 0.390 e. The highest BCUT2D eigenvalue weighted by atomic mass is 19.4. The Balaban J connectivity index is 2.64. The molecule has 2 N–H and O–H groups in total. The van der Waals surface area contributed by atoms with Crippen LogP contribution in [0.2, 0.25) is 0 Å². The Morgan fingerprint density at radius 1 is 1.22 bits per heavy atom. The molecule has 8 heteroatoms. The van der Waals surface area contributed by atoms with Crippen LogP contribution in [-0.4, -0.2) is 38.9 Å². The molecule has 1 aromatic rings. The molecule has 23 heavy (non-hydrogen) atoms. The first kappa shape index (κ1) is 19.2. The van der Waals surface area contributed by atoms with E-state index in [1.165, 1.54) is 19.2 Å². The molecule has 0 radical (unpaired) electrons. The van der Waals surface area contributed by atoms with Gasteiger partial charge in [0.2, 0.25) is 0 Å². The zero-order chi connectivity index (χ0) is 17.3. The number of hydrogen-bond donors (Lipinski definition) is 2. The summed E-state index contributed by atoms with van der Waals surface area (Å²) in [6.07, 6.45) is -5.56. The number of halogens is 4. The lowest BCUT2D eigenvalue weighted by atomic mass is 10.1. The summed E-state index contributed by atoms with van der Waals surface area (Å²) in [4.78, 5) is 4.21. The summed E-state index contributed by atoms with van der Waals surface area (Å²) >= 11 is 0. The van der Waals surface area contributed by atoms with Gasteiger partial charge < -0.3 is 15.4 Å². The van der Waals surface area contributed by atoms with Gasteiger partial charge in [-0.15, -0.1) is 0 Å². The molecule has 0 bridgehead atoms. The minimum Gasteiger partial charge on any atom is -0.375 e. The minimum atomic E-state index is -4.21. The lowest BCUT2D eigenvalue weighted by Gasteiger charge is -2.16. The number of methoxy groups -OCH3 is 1. The number of guanidine groups is 1. The van der Waals surface area contributed by atoms with Crippen molar-refractivity contribution in [2.24, 2.45) is 4.99 Å². The quantitative estimate of drug-likeness (QED) is 0.457. The molecule has 0 saturated carbocycles. The van der Waals surface area contributed by atoms with E-state index in [9.17, 15) is 17.6 Å². The zero-order valence-corrected chi connectivity index (χ0v) is 13.1. The second kappa shape index (κ2) is 9.34. The van der Waals surface area contributed by atoms with Gasteiger partial charge >= 0.3 is 6.18 Å². The van der Waals surface area contributed by atoms with Crippen LogP contribution >= 0.6 is 0 Å². The molecule has 1 unspecified atom stereocenters. The van der Waals surface area contributed by atoms with Crippen molar-refractivity contribution in [1.29, 1.82) is 0 Å². The average molecular weight is 335 g/mol. The minimum absolute atomic E-state index is 0.198. The molecule has 130 valence electrons. The van der Waals surface area contributed by atoms with Crippen LogP contribution in [0.3, 0.4) is 0 Å². The van der Waals surface area contributed by atoms with E-state index in [-0.39, 0.29) is 24.9 Å². The molecule has 4 nitrogen and oxygen atoms in total. The number of nitrogens with zero attached hydrogens (tertiary/aromatic N) is 1. The number of benzene rings is 1. The largest absolute Gasteiger partial charge is 0.390 e. The Labute approximate surface area is 132 Å². The third-order valence-corrected chi connectivity index (χ3v) is 2.99. The molecular weight excluding hydrogens is 314 g/mol. The number of rotatable bonds is 7. The highest BCUT2D eigenvalue weighted by Gasteiger charge is 2.26. The Hall–Kier alpha value is -1.83. The smallest absolute Gasteiger partial charge is 0.375 e. The van der Waals surface area contributed by atoms with E-state index in [2.05, 4.69) is 15.6 Å². The molecule has 0 aliphatic rings. The van der Waals surface area contributed by atoms with Crippen LogP contribution in [0.15, 0.2) is 29.3 Å². The highest BCUT2D eigenvalue weighted by molar-refractivity contribution is 5.79. The van der Waals surface area contributed by atoms with Crippen LogP contribution in [0.4, 0.5) is 17.6 Å². The third-order valence-electron chi connectivity index (χ3n) is 2.99. The predicted molar refractivity (Wildman–Crippen MR) is 80.8 cm³/mol. The molecule has 1 atom stereocenters. The lowest BCUT2D eigenvalue weighted by Crippen LogP contribution is -2.39. The van der Waals surface area contributed by atoms with Gasteiger partial charge in [0.05, 0.1) is 13.0 Å². The van der Waals surface area contributed by atoms with Crippen LogP contribution in [0.5, 0.6) is 0 Å². The topological polar surface area (TPSA) is 45.7 Å². The van der Waals surface area contributed by atoms with Crippen molar-refractivity contribution in [1.82, 2.24) is 10.6 Å². The van der Waals surface area contributed by atoms with Gasteiger partial charge in [-0.3, -0.25) is 4.99 Å². The first-order valence-corrected chi connectivity index (χ1v) is 7.23. The van der Waals surface area contributed by atoms with Gasteiger partial charge in [0.1, 0.15) is 11.9 Å². The molecule has 0 amide bonds. The Morgan fingerprint density at radius 2 is 1.87 bits per heavy atom. The first-order valence-electron chi connectivity index (χ1n) is 7.23. The summed E-state index contributed by atoms with van der Waals surface area (Å²) in [5.74, 6) is -0.0739. The number of alkyl halides is 3. The van der Waals surface area contributed by atoms with Crippen molar-refractivity contribution < 1.29 is 22.3 Å². The molecule has 0 aliphatic heterocycles. The van der Waals surface area contributed by atoms with Gasteiger partial charge in [-0.25, -0.2) is 4.39 Å². The molecule has 0 fully saturated rings. The summed E-state index contributed by atoms with van der Waals surface area (Å²) in [5, 5.41) is 5.49. The van der Waals surface area contributed by atoms with Crippen LogP contribution in [-0.2, 0) is 4.74 Å². The maximum atomic E-state index is 12.9. The fourth-order valence-corrected chi connectivity index (χ4v) is 1.83. The molecule has 0 heterocycles. The molecule has 0 saturated heterocycles. The molecule has 0 spiro atoms. The van der Waals surface area contributed by atoms with E-state index in [4.69, 9.17) is 4.74 Å². The predicted octanol–water partition coefficient (Wildman–Crippen LogP) is 3.02. The van der Waals surface area contributed by atoms with E-state index in [1.807, 2.05) is 6.92 Å². The van der Waals surface area contributed by atoms with Gasteiger partial charge in [-0.1, -0.05) is 12.1 Å². The van der Waals surface area contributed by atoms with Crippen molar-refractivity contribution in [3.8, 4) is 0 Å². The molecule has 1 aromatic carbocycles. The molecule has 1 rings (SSSR count). The molecular formula is C15H21F4N3O. The number of hydrogen-bond acceptors (Lipinski definition) is 2. The van der Waals surface area contributed by atoms with Crippen LogP contribution < -0.4 is 10.6 Å². The third kappa shape index (κ3) is 7.83.